The average Bonchev–Trinajstić information content (AvgIpc) is 3.11. The second-order valence-electron chi connectivity index (χ2n) is 9.15. The zero-order valence-electron chi connectivity index (χ0n) is 20.4. The maximum Gasteiger partial charge on any atom is 0.256 e. The van der Waals surface area contributed by atoms with Gasteiger partial charge in [0.05, 0.1) is 13.1 Å². The average molecular weight is 406 g/mol. The highest BCUT2D eigenvalue weighted by molar-refractivity contribution is 4.84. The van der Waals surface area contributed by atoms with Gasteiger partial charge in [-0.2, -0.15) is 0 Å². The van der Waals surface area contributed by atoms with Crippen molar-refractivity contribution in [3.63, 3.8) is 0 Å². The summed E-state index contributed by atoms with van der Waals surface area (Å²) in [6.45, 7) is 9.35. The van der Waals surface area contributed by atoms with Crippen molar-refractivity contribution in [1.82, 2.24) is 4.57 Å². The second kappa shape index (κ2) is 19.2. The summed E-state index contributed by atoms with van der Waals surface area (Å²) in [7, 11) is 0. The van der Waals surface area contributed by atoms with Crippen molar-refractivity contribution in [1.29, 1.82) is 0 Å². The standard InChI is InChI=1S/C27H53N2/c1-4-7-10-12-13-14-15-16-17-18-21-24-29-26-25-28(23-20-11-8-5-2)27(29)22-19-9-6-3/h25-26H,4-24H2,1-3H3/q+1. The van der Waals surface area contributed by atoms with Crippen LogP contribution in [0.25, 0.3) is 0 Å². The molecular formula is C27H53N2+. The molecule has 0 fully saturated rings. The number of nitrogens with zero attached hydrogens (tertiary/aromatic N) is 2. The quantitative estimate of drug-likeness (QED) is 0.143. The molecule has 29 heavy (non-hydrogen) atoms. The summed E-state index contributed by atoms with van der Waals surface area (Å²) in [5.41, 5.74) is 0. The fourth-order valence-corrected chi connectivity index (χ4v) is 4.38. The van der Waals surface area contributed by atoms with Gasteiger partial charge in [-0.05, 0) is 32.1 Å². The molecule has 0 aromatic carbocycles. The van der Waals surface area contributed by atoms with Gasteiger partial charge in [0.25, 0.3) is 5.82 Å². The minimum Gasteiger partial charge on any atom is -0.234 e. The van der Waals surface area contributed by atoms with Gasteiger partial charge in [0.2, 0.25) is 0 Å². The summed E-state index contributed by atoms with van der Waals surface area (Å²) in [5, 5.41) is 0. The van der Waals surface area contributed by atoms with Crippen molar-refractivity contribution in [2.24, 2.45) is 0 Å². The molecule has 1 rings (SSSR count). The molecule has 1 aromatic heterocycles. The van der Waals surface area contributed by atoms with Crippen LogP contribution in [0.15, 0.2) is 12.4 Å². The van der Waals surface area contributed by atoms with E-state index in [0.29, 0.717) is 0 Å². The van der Waals surface area contributed by atoms with Crippen LogP contribution < -0.4 is 4.57 Å². The molecule has 0 radical (unpaired) electrons. The summed E-state index contributed by atoms with van der Waals surface area (Å²) in [5.74, 6) is 1.59. The molecule has 0 N–H and O–H groups in total. The molecule has 0 aliphatic carbocycles. The van der Waals surface area contributed by atoms with E-state index in [1.807, 2.05) is 0 Å². The van der Waals surface area contributed by atoms with Gasteiger partial charge in [-0.1, -0.05) is 104 Å². The Hall–Kier alpha value is -0.790. The molecule has 0 bridgehead atoms. The summed E-state index contributed by atoms with van der Waals surface area (Å²) in [4.78, 5) is 0. The first-order valence-corrected chi connectivity index (χ1v) is 13.4. The van der Waals surface area contributed by atoms with Crippen LogP contribution in [0.3, 0.4) is 0 Å². The Labute approximate surface area is 183 Å². The van der Waals surface area contributed by atoms with Gasteiger partial charge in [0.1, 0.15) is 12.4 Å². The Morgan fingerprint density at radius 2 is 1.07 bits per heavy atom. The molecule has 0 amide bonds. The summed E-state index contributed by atoms with van der Waals surface area (Å²) in [6, 6.07) is 0. The lowest BCUT2D eigenvalue weighted by Crippen LogP contribution is -2.37. The third kappa shape index (κ3) is 13.2. The van der Waals surface area contributed by atoms with Crippen LogP contribution in [0.2, 0.25) is 0 Å². The predicted octanol–water partition coefficient (Wildman–Crippen LogP) is 8.40. The highest BCUT2D eigenvalue weighted by atomic mass is 15.1. The van der Waals surface area contributed by atoms with Crippen molar-refractivity contribution in [3.8, 4) is 0 Å². The minimum absolute atomic E-state index is 1.21. The van der Waals surface area contributed by atoms with Gasteiger partial charge in [-0.25, -0.2) is 9.13 Å². The summed E-state index contributed by atoms with van der Waals surface area (Å²) < 4.78 is 5.13. The molecule has 0 unspecified atom stereocenters. The number of rotatable bonds is 21. The first-order chi connectivity index (χ1) is 14.3. The number of aromatic nitrogens is 2. The number of imidazole rings is 1. The molecule has 1 aromatic rings. The highest BCUT2D eigenvalue weighted by Gasteiger charge is 2.16. The van der Waals surface area contributed by atoms with Gasteiger partial charge in [-0.15, -0.1) is 0 Å². The number of unbranched alkanes of at least 4 members (excludes halogenated alkanes) is 15. The third-order valence-electron chi connectivity index (χ3n) is 6.35. The Kier molecular flexibility index (Phi) is 17.4. The molecule has 1 heterocycles. The van der Waals surface area contributed by atoms with E-state index in [1.165, 1.54) is 135 Å². The third-order valence-corrected chi connectivity index (χ3v) is 6.35. The van der Waals surface area contributed by atoms with Crippen molar-refractivity contribution >= 4 is 0 Å². The Bertz CT molecular complexity index is 463. The van der Waals surface area contributed by atoms with Crippen molar-refractivity contribution in [3.05, 3.63) is 18.2 Å². The van der Waals surface area contributed by atoms with Crippen molar-refractivity contribution in [2.75, 3.05) is 0 Å². The fourth-order valence-electron chi connectivity index (χ4n) is 4.38. The lowest BCUT2D eigenvalue weighted by Gasteiger charge is -2.06. The van der Waals surface area contributed by atoms with Crippen molar-refractivity contribution < 1.29 is 4.57 Å². The van der Waals surface area contributed by atoms with Crippen LogP contribution in [0.1, 0.15) is 142 Å². The zero-order chi connectivity index (χ0) is 21.0. The molecule has 0 spiro atoms. The summed E-state index contributed by atoms with van der Waals surface area (Å²) in [6.07, 6.45) is 31.1. The van der Waals surface area contributed by atoms with Crippen LogP contribution in [0.5, 0.6) is 0 Å². The van der Waals surface area contributed by atoms with Crippen LogP contribution in [-0.4, -0.2) is 4.57 Å². The first kappa shape index (κ1) is 26.2. The first-order valence-electron chi connectivity index (χ1n) is 13.4. The number of hydrogen-bond donors (Lipinski definition) is 0. The highest BCUT2D eigenvalue weighted by Crippen LogP contribution is 2.12. The molecular weight excluding hydrogens is 352 g/mol. The molecule has 0 atom stereocenters. The van der Waals surface area contributed by atoms with E-state index in [-0.39, 0.29) is 0 Å². The lowest BCUT2D eigenvalue weighted by molar-refractivity contribution is -0.704. The molecule has 0 aliphatic rings. The molecule has 170 valence electrons. The fraction of sp³-hybridized carbons (Fsp3) is 0.889. The Balaban J connectivity index is 2.24. The summed E-state index contributed by atoms with van der Waals surface area (Å²) >= 11 is 0. The van der Waals surface area contributed by atoms with Crippen molar-refractivity contribution in [2.45, 2.75) is 156 Å². The van der Waals surface area contributed by atoms with E-state index < -0.39 is 0 Å². The Morgan fingerprint density at radius 3 is 1.66 bits per heavy atom. The molecule has 0 saturated heterocycles. The molecule has 0 saturated carbocycles. The Morgan fingerprint density at radius 1 is 0.586 bits per heavy atom. The van der Waals surface area contributed by atoms with Gasteiger partial charge in [-0.3, -0.25) is 0 Å². The second-order valence-corrected chi connectivity index (χ2v) is 9.15. The van der Waals surface area contributed by atoms with E-state index in [9.17, 15) is 0 Å². The van der Waals surface area contributed by atoms with E-state index in [0.717, 1.165) is 0 Å². The zero-order valence-corrected chi connectivity index (χ0v) is 20.4. The lowest BCUT2D eigenvalue weighted by atomic mass is 10.1. The maximum absolute atomic E-state index is 2.57. The van der Waals surface area contributed by atoms with Gasteiger partial charge in [0.15, 0.2) is 0 Å². The molecule has 0 aliphatic heterocycles. The van der Waals surface area contributed by atoms with E-state index in [4.69, 9.17) is 0 Å². The largest absolute Gasteiger partial charge is 0.256 e. The molecule has 2 nitrogen and oxygen atoms in total. The van der Waals surface area contributed by atoms with Gasteiger partial charge >= 0.3 is 0 Å². The predicted molar refractivity (Wildman–Crippen MR) is 128 cm³/mol. The minimum atomic E-state index is 1.21. The van der Waals surface area contributed by atoms with Crippen LogP contribution >= 0.6 is 0 Å². The maximum atomic E-state index is 2.57. The SMILES string of the molecule is CCCCCCCCCCCCC[n+]1ccn(CCCCCC)c1CCCCC. The smallest absolute Gasteiger partial charge is 0.234 e. The topological polar surface area (TPSA) is 8.81 Å². The number of aryl methyl sites for hydroxylation is 2. The van der Waals surface area contributed by atoms with Gasteiger partial charge in [0, 0.05) is 6.42 Å². The van der Waals surface area contributed by atoms with Gasteiger partial charge < -0.3 is 0 Å². The van der Waals surface area contributed by atoms with E-state index in [2.05, 4.69) is 42.3 Å². The number of hydrogen-bond acceptors (Lipinski definition) is 0. The van der Waals surface area contributed by atoms with Crippen LogP contribution in [0.4, 0.5) is 0 Å². The molecule has 2 heteroatoms. The van der Waals surface area contributed by atoms with Crippen LogP contribution in [-0.2, 0) is 19.5 Å². The monoisotopic (exact) mass is 405 g/mol. The van der Waals surface area contributed by atoms with E-state index in [1.54, 1.807) is 5.82 Å². The normalized spacial score (nSPS) is 11.4. The van der Waals surface area contributed by atoms with E-state index >= 15 is 0 Å². The van der Waals surface area contributed by atoms with Crippen LogP contribution in [0, 0.1) is 0 Å².